The van der Waals surface area contributed by atoms with Crippen LogP contribution in [0.4, 0.5) is 14.5 Å². The van der Waals surface area contributed by atoms with Gasteiger partial charge in [-0.3, -0.25) is 14.3 Å². The van der Waals surface area contributed by atoms with Crippen LogP contribution in [0.1, 0.15) is 35.4 Å². The molecule has 0 unspecified atom stereocenters. The van der Waals surface area contributed by atoms with Crippen molar-refractivity contribution >= 4 is 28.4 Å². The Balaban J connectivity index is 1.53. The number of anilines is 1. The van der Waals surface area contributed by atoms with E-state index in [-0.39, 0.29) is 18.1 Å². The van der Waals surface area contributed by atoms with Crippen LogP contribution in [-0.2, 0) is 11.3 Å². The molecule has 8 nitrogen and oxygen atoms in total. The van der Waals surface area contributed by atoms with Gasteiger partial charge in [-0.2, -0.15) is 5.10 Å². The summed E-state index contributed by atoms with van der Waals surface area (Å²) in [6.45, 7) is 0.858. The lowest BCUT2D eigenvalue weighted by molar-refractivity contribution is -0.130. The summed E-state index contributed by atoms with van der Waals surface area (Å²) in [6.07, 6.45) is 1.27. The highest BCUT2D eigenvalue weighted by Gasteiger charge is 2.25. The third-order valence-corrected chi connectivity index (χ3v) is 5.30. The molecule has 4 rings (SSSR count). The molecule has 0 bridgehead atoms. The predicted octanol–water partition coefficient (Wildman–Crippen LogP) is 3.50. The van der Waals surface area contributed by atoms with Crippen LogP contribution in [0.2, 0.25) is 0 Å². The van der Waals surface area contributed by atoms with Crippen LogP contribution in [0.15, 0.2) is 36.5 Å². The molecule has 1 saturated carbocycles. The van der Waals surface area contributed by atoms with Gasteiger partial charge in [0.1, 0.15) is 23.7 Å². The van der Waals surface area contributed by atoms with E-state index in [4.69, 9.17) is 4.74 Å². The van der Waals surface area contributed by atoms with Crippen molar-refractivity contribution < 1.29 is 23.1 Å². The number of ether oxygens (including phenoxy) is 1. The lowest BCUT2D eigenvalue weighted by Gasteiger charge is -2.16. The minimum Gasteiger partial charge on any atom is -0.494 e. The molecular weight excluding hydrogens is 420 g/mol. The summed E-state index contributed by atoms with van der Waals surface area (Å²) in [5, 5.41) is 7.77. The number of likely N-dealkylation sites (N-methyl/N-ethyl adjacent to an activating group) is 1. The Kier molecular flexibility index (Phi) is 6.02. The number of halogens is 2. The second-order valence-corrected chi connectivity index (χ2v) is 7.86. The zero-order valence-electron chi connectivity index (χ0n) is 17.7. The van der Waals surface area contributed by atoms with Crippen LogP contribution in [0.3, 0.4) is 0 Å². The number of carbonyl (C=O) groups excluding carboxylic acids is 2. The minimum atomic E-state index is -2.77. The monoisotopic (exact) mass is 443 g/mol. The summed E-state index contributed by atoms with van der Waals surface area (Å²) in [7, 11) is 3.23. The first kappa shape index (κ1) is 21.7. The Morgan fingerprint density at radius 2 is 2.09 bits per heavy atom. The zero-order chi connectivity index (χ0) is 22.8. The molecular formula is C22H23F2N5O3. The van der Waals surface area contributed by atoms with Gasteiger partial charge in [-0.05, 0) is 37.0 Å². The summed E-state index contributed by atoms with van der Waals surface area (Å²) in [5.74, 6) is 0.273. The first-order chi connectivity index (χ1) is 15.3. The molecule has 3 aromatic rings. The zero-order valence-corrected chi connectivity index (χ0v) is 17.7. The first-order valence-corrected chi connectivity index (χ1v) is 10.2. The van der Waals surface area contributed by atoms with Gasteiger partial charge in [-0.15, -0.1) is 0 Å². The summed E-state index contributed by atoms with van der Waals surface area (Å²) < 4.78 is 32.7. The Labute approximate surface area is 183 Å². The molecule has 0 saturated heterocycles. The average Bonchev–Trinajstić information content (AvgIpc) is 3.50. The number of nitrogens with zero attached hydrogens (tertiary/aromatic N) is 4. The van der Waals surface area contributed by atoms with Crippen molar-refractivity contribution in [2.45, 2.75) is 25.8 Å². The van der Waals surface area contributed by atoms with Gasteiger partial charge in [-0.1, -0.05) is 6.07 Å². The molecule has 1 aromatic carbocycles. The minimum absolute atomic E-state index is 0.0322. The van der Waals surface area contributed by atoms with Gasteiger partial charge in [0.2, 0.25) is 5.91 Å². The lowest BCUT2D eigenvalue weighted by Crippen LogP contribution is -2.32. The van der Waals surface area contributed by atoms with Crippen molar-refractivity contribution in [2.75, 3.05) is 26.0 Å². The number of amides is 2. The highest BCUT2D eigenvalue weighted by molar-refractivity contribution is 6.05. The van der Waals surface area contributed by atoms with E-state index in [9.17, 15) is 18.4 Å². The number of aromatic nitrogens is 3. The van der Waals surface area contributed by atoms with E-state index >= 15 is 0 Å². The van der Waals surface area contributed by atoms with E-state index < -0.39 is 18.0 Å². The maximum Gasteiger partial charge on any atom is 0.280 e. The van der Waals surface area contributed by atoms with Gasteiger partial charge in [0.15, 0.2) is 0 Å². The quantitative estimate of drug-likeness (QED) is 0.576. The maximum atomic E-state index is 12.9. The van der Waals surface area contributed by atoms with Crippen LogP contribution in [0.5, 0.6) is 5.75 Å². The van der Waals surface area contributed by atoms with Gasteiger partial charge in [0, 0.05) is 31.2 Å². The molecule has 0 atom stereocenters. The number of fused-ring (bicyclic) bond motifs is 1. The molecule has 10 heteroatoms. The normalized spacial score (nSPS) is 13.4. The number of alkyl halides is 2. The number of hydrogen-bond acceptors (Lipinski definition) is 5. The van der Waals surface area contributed by atoms with E-state index in [1.807, 2.05) is 0 Å². The van der Waals surface area contributed by atoms with E-state index in [1.54, 1.807) is 35.0 Å². The number of pyridine rings is 1. The number of rotatable bonds is 8. The number of methoxy groups -OCH3 is 1. The van der Waals surface area contributed by atoms with Crippen molar-refractivity contribution in [1.29, 1.82) is 0 Å². The van der Waals surface area contributed by atoms with Crippen molar-refractivity contribution in [2.24, 2.45) is 5.92 Å². The van der Waals surface area contributed by atoms with Crippen LogP contribution in [-0.4, -0.2) is 52.2 Å². The fourth-order valence-electron chi connectivity index (χ4n) is 3.39. The third kappa shape index (κ3) is 4.84. The van der Waals surface area contributed by atoms with E-state index in [1.165, 1.54) is 32.1 Å². The molecule has 168 valence electrons. The maximum absolute atomic E-state index is 12.9. The lowest BCUT2D eigenvalue weighted by atomic mass is 10.2. The molecule has 1 aliphatic carbocycles. The molecule has 2 aromatic heterocycles. The average molecular weight is 443 g/mol. The Bertz CT molecular complexity index is 1160. The van der Waals surface area contributed by atoms with Crippen molar-refractivity contribution in [1.82, 2.24) is 19.7 Å². The first-order valence-electron chi connectivity index (χ1n) is 10.2. The van der Waals surface area contributed by atoms with Crippen molar-refractivity contribution in [3.05, 3.63) is 47.9 Å². The summed E-state index contributed by atoms with van der Waals surface area (Å²) in [4.78, 5) is 30.4. The summed E-state index contributed by atoms with van der Waals surface area (Å²) in [5.41, 5.74) is 0.323. The number of carbonyl (C=O) groups is 2. The van der Waals surface area contributed by atoms with E-state index in [0.717, 1.165) is 12.6 Å². The van der Waals surface area contributed by atoms with E-state index in [0.29, 0.717) is 28.3 Å². The Hall–Kier alpha value is -3.56. The van der Waals surface area contributed by atoms with Gasteiger partial charge < -0.3 is 15.0 Å². The van der Waals surface area contributed by atoms with Gasteiger partial charge in [0.05, 0.1) is 18.3 Å². The third-order valence-electron chi connectivity index (χ3n) is 5.30. The molecule has 32 heavy (non-hydrogen) atoms. The molecule has 1 aliphatic rings. The molecule has 1 N–H and O–H groups in total. The number of hydrogen-bond donors (Lipinski definition) is 1. The van der Waals surface area contributed by atoms with Crippen molar-refractivity contribution in [3.8, 4) is 5.75 Å². The smallest absolute Gasteiger partial charge is 0.280 e. The highest BCUT2D eigenvalue weighted by atomic mass is 19.3. The van der Waals surface area contributed by atoms with Crippen LogP contribution < -0.4 is 10.1 Å². The fraction of sp³-hybridized carbons (Fsp3) is 0.364. The molecule has 0 spiro atoms. The fourth-order valence-corrected chi connectivity index (χ4v) is 3.39. The van der Waals surface area contributed by atoms with Gasteiger partial charge in [0.25, 0.3) is 12.3 Å². The molecule has 0 radical (unpaired) electrons. The number of nitrogens with one attached hydrogen (secondary N) is 1. The standard InChI is InChI=1S/C22H23F2N5O3/c1-28(10-13-6-7-13)20(30)12-29-11-14-8-18(19(32-2)9-17(14)27-29)26-22(31)16-5-3-4-15(25-16)21(23)24/h3-5,8-9,11,13,21H,6-7,10,12H2,1-2H3,(H,26,31). The Morgan fingerprint density at radius 1 is 1.31 bits per heavy atom. The van der Waals surface area contributed by atoms with E-state index in [2.05, 4.69) is 15.4 Å². The molecule has 2 amide bonds. The Morgan fingerprint density at radius 3 is 2.78 bits per heavy atom. The largest absolute Gasteiger partial charge is 0.494 e. The topological polar surface area (TPSA) is 89.4 Å². The molecule has 0 aliphatic heterocycles. The van der Waals surface area contributed by atoms with Crippen molar-refractivity contribution in [3.63, 3.8) is 0 Å². The molecule has 1 fully saturated rings. The summed E-state index contributed by atoms with van der Waals surface area (Å²) >= 11 is 0. The van der Waals surface area contributed by atoms with Crippen LogP contribution >= 0.6 is 0 Å². The van der Waals surface area contributed by atoms with Gasteiger partial charge >= 0.3 is 0 Å². The second-order valence-electron chi connectivity index (χ2n) is 7.86. The summed E-state index contributed by atoms with van der Waals surface area (Å²) in [6, 6.07) is 7.17. The molecule has 2 heterocycles. The van der Waals surface area contributed by atoms with Gasteiger partial charge in [-0.25, -0.2) is 13.8 Å². The van der Waals surface area contributed by atoms with Crippen LogP contribution in [0.25, 0.3) is 10.9 Å². The predicted molar refractivity (Wildman–Crippen MR) is 114 cm³/mol. The SMILES string of the molecule is COc1cc2nn(CC(=O)N(C)CC3CC3)cc2cc1NC(=O)c1cccc(C(F)F)n1. The van der Waals surface area contributed by atoms with Crippen LogP contribution in [0, 0.1) is 5.92 Å². The second kappa shape index (κ2) is 8.89. The highest BCUT2D eigenvalue weighted by Crippen LogP contribution is 2.31. The number of benzene rings is 1.